The van der Waals surface area contributed by atoms with Gasteiger partial charge in [-0.1, -0.05) is 12.1 Å². The van der Waals surface area contributed by atoms with E-state index in [9.17, 15) is 9.18 Å². The fourth-order valence-corrected chi connectivity index (χ4v) is 4.36. The van der Waals surface area contributed by atoms with Crippen molar-refractivity contribution in [3.8, 4) is 16.9 Å². The summed E-state index contributed by atoms with van der Waals surface area (Å²) in [6.45, 7) is 4.85. The molecule has 1 aliphatic heterocycles. The maximum Gasteiger partial charge on any atom is 0.251 e. The van der Waals surface area contributed by atoms with Crippen LogP contribution in [0, 0.1) is 19.7 Å². The van der Waals surface area contributed by atoms with Gasteiger partial charge in [-0.15, -0.1) is 0 Å². The van der Waals surface area contributed by atoms with E-state index in [1.807, 2.05) is 54.9 Å². The number of carbonyl (C=O) groups is 1. The number of ether oxygens (including phenoxy) is 1. The summed E-state index contributed by atoms with van der Waals surface area (Å²) < 4.78 is 22.5. The molecule has 1 atom stereocenters. The first kappa shape index (κ1) is 21.8. The Morgan fingerprint density at radius 3 is 2.74 bits per heavy atom. The molecule has 1 unspecified atom stereocenters. The summed E-state index contributed by atoms with van der Waals surface area (Å²) >= 11 is 0. The average Bonchev–Trinajstić information content (AvgIpc) is 3.41. The first-order valence-corrected chi connectivity index (χ1v) is 11.2. The lowest BCUT2D eigenvalue weighted by Gasteiger charge is -2.14. The summed E-state index contributed by atoms with van der Waals surface area (Å²) in [5.74, 6) is 0.0559. The van der Waals surface area contributed by atoms with E-state index in [0.29, 0.717) is 29.8 Å². The van der Waals surface area contributed by atoms with E-state index in [2.05, 4.69) is 15.4 Å². The van der Waals surface area contributed by atoms with Crippen molar-refractivity contribution in [3.63, 3.8) is 0 Å². The number of rotatable bonds is 6. The largest absolute Gasteiger partial charge is 0.487 e. The molecule has 0 saturated heterocycles. The van der Waals surface area contributed by atoms with Gasteiger partial charge in [0.1, 0.15) is 17.7 Å². The molecule has 3 heterocycles. The van der Waals surface area contributed by atoms with Crippen LogP contribution in [-0.2, 0) is 13.0 Å². The summed E-state index contributed by atoms with van der Waals surface area (Å²) in [4.78, 5) is 16.9. The Bertz CT molecular complexity index is 1350. The molecule has 6 nitrogen and oxygen atoms in total. The molecule has 4 aromatic rings. The highest BCUT2D eigenvalue weighted by Gasteiger charge is 2.29. The third-order valence-electron chi connectivity index (χ3n) is 6.03. The predicted octanol–water partition coefficient (Wildman–Crippen LogP) is 4.48. The number of pyridine rings is 1. The van der Waals surface area contributed by atoms with Gasteiger partial charge in [0, 0.05) is 41.2 Å². The Balaban J connectivity index is 1.25. The third kappa shape index (κ3) is 4.41. The summed E-state index contributed by atoms with van der Waals surface area (Å²) in [6.07, 6.45) is 3.45. The molecule has 1 N–H and O–H groups in total. The van der Waals surface area contributed by atoms with Crippen molar-refractivity contribution in [2.24, 2.45) is 0 Å². The highest BCUT2D eigenvalue weighted by atomic mass is 19.1. The van der Waals surface area contributed by atoms with Crippen molar-refractivity contribution in [2.45, 2.75) is 32.9 Å². The Labute approximate surface area is 197 Å². The number of nitrogens with zero attached hydrogens (tertiary/aromatic N) is 3. The van der Waals surface area contributed by atoms with Crippen LogP contribution in [0.1, 0.15) is 32.9 Å². The molecular formula is C27H25FN4O2. The number of fused-ring (bicyclic) bond motifs is 1. The molecule has 5 rings (SSSR count). The average molecular weight is 457 g/mol. The minimum absolute atomic E-state index is 0.190. The first-order valence-electron chi connectivity index (χ1n) is 11.2. The summed E-state index contributed by atoms with van der Waals surface area (Å²) in [5.41, 5.74) is 5.88. The lowest BCUT2D eigenvalue weighted by Crippen LogP contribution is -2.34. The van der Waals surface area contributed by atoms with Crippen molar-refractivity contribution in [3.05, 3.63) is 101 Å². The van der Waals surface area contributed by atoms with Crippen molar-refractivity contribution in [1.82, 2.24) is 20.1 Å². The summed E-state index contributed by atoms with van der Waals surface area (Å²) in [7, 11) is 0. The second kappa shape index (κ2) is 9.09. The SMILES string of the molecule is Cc1cc(C)n(Cc2cccc(C(=O)NCC3Cc4c(F)ccc(-c5ccncc5)c4O3)c2)n1. The number of hydrogen-bond donors (Lipinski definition) is 1. The minimum atomic E-state index is -0.339. The standard InChI is InChI=1S/C27H25FN4O2/c1-17-12-18(2)32(31-17)16-19-4-3-5-21(13-19)27(33)30-15-22-14-24-25(28)7-6-23(26(24)34-22)20-8-10-29-11-9-20/h3-13,22H,14-16H2,1-2H3,(H,30,33). The summed E-state index contributed by atoms with van der Waals surface area (Å²) in [6, 6.07) is 16.4. The van der Waals surface area contributed by atoms with Crippen molar-refractivity contribution in [2.75, 3.05) is 6.54 Å². The van der Waals surface area contributed by atoms with Crippen LogP contribution in [-0.4, -0.2) is 33.3 Å². The molecule has 0 spiro atoms. The molecule has 172 valence electrons. The molecule has 2 aromatic carbocycles. The zero-order valence-electron chi connectivity index (χ0n) is 19.1. The molecule has 2 aromatic heterocycles. The first-order chi connectivity index (χ1) is 16.5. The zero-order valence-corrected chi connectivity index (χ0v) is 19.1. The van der Waals surface area contributed by atoms with Gasteiger partial charge in [0.2, 0.25) is 0 Å². The molecule has 7 heteroatoms. The van der Waals surface area contributed by atoms with E-state index in [1.54, 1.807) is 24.5 Å². The highest BCUT2D eigenvalue weighted by molar-refractivity contribution is 5.94. The molecule has 0 saturated carbocycles. The molecule has 0 bridgehead atoms. The molecule has 0 radical (unpaired) electrons. The van der Waals surface area contributed by atoms with Crippen LogP contribution in [0.4, 0.5) is 4.39 Å². The second-order valence-electron chi connectivity index (χ2n) is 8.58. The molecule has 1 aliphatic rings. The topological polar surface area (TPSA) is 69.0 Å². The third-order valence-corrected chi connectivity index (χ3v) is 6.03. The fourth-order valence-electron chi connectivity index (χ4n) is 4.36. The van der Waals surface area contributed by atoms with E-state index in [1.165, 1.54) is 6.07 Å². The number of hydrogen-bond acceptors (Lipinski definition) is 4. The lowest BCUT2D eigenvalue weighted by molar-refractivity contribution is 0.0933. The molecule has 0 aliphatic carbocycles. The van der Waals surface area contributed by atoms with E-state index >= 15 is 0 Å². The van der Waals surface area contributed by atoms with E-state index in [4.69, 9.17) is 4.74 Å². The highest BCUT2D eigenvalue weighted by Crippen LogP contribution is 2.40. The Morgan fingerprint density at radius 2 is 1.97 bits per heavy atom. The number of aromatic nitrogens is 3. The number of nitrogens with one attached hydrogen (secondary N) is 1. The second-order valence-corrected chi connectivity index (χ2v) is 8.58. The fraction of sp³-hybridized carbons (Fsp3) is 0.222. The van der Waals surface area contributed by atoms with Crippen LogP contribution in [0.3, 0.4) is 0 Å². The Hall–Kier alpha value is -4.00. The number of halogens is 1. The van der Waals surface area contributed by atoms with Gasteiger partial charge in [0.25, 0.3) is 5.91 Å². The summed E-state index contributed by atoms with van der Waals surface area (Å²) in [5, 5.41) is 7.43. The zero-order chi connectivity index (χ0) is 23.7. The minimum Gasteiger partial charge on any atom is -0.487 e. The molecule has 0 fully saturated rings. The van der Waals surface area contributed by atoms with Crippen LogP contribution in [0.15, 0.2) is 67.0 Å². The van der Waals surface area contributed by atoms with Gasteiger partial charge >= 0.3 is 0 Å². The van der Waals surface area contributed by atoms with Gasteiger partial charge in [-0.3, -0.25) is 14.5 Å². The van der Waals surface area contributed by atoms with Crippen molar-refractivity contribution in [1.29, 1.82) is 0 Å². The number of aryl methyl sites for hydroxylation is 2. The Morgan fingerprint density at radius 1 is 1.15 bits per heavy atom. The van der Waals surface area contributed by atoms with Crippen molar-refractivity contribution < 1.29 is 13.9 Å². The molecule has 34 heavy (non-hydrogen) atoms. The Kier molecular flexibility index (Phi) is 5.84. The van der Waals surface area contributed by atoms with Crippen LogP contribution in [0.25, 0.3) is 11.1 Å². The van der Waals surface area contributed by atoms with Gasteiger partial charge in [0.05, 0.1) is 18.8 Å². The quantitative estimate of drug-likeness (QED) is 0.464. The van der Waals surface area contributed by atoms with E-state index < -0.39 is 0 Å². The lowest BCUT2D eigenvalue weighted by atomic mass is 10.0. The van der Waals surface area contributed by atoms with E-state index in [-0.39, 0.29) is 24.4 Å². The maximum atomic E-state index is 14.5. The van der Waals surface area contributed by atoms with Crippen LogP contribution < -0.4 is 10.1 Å². The van der Waals surface area contributed by atoms with Gasteiger partial charge in [-0.05, 0) is 67.4 Å². The monoisotopic (exact) mass is 456 g/mol. The number of carbonyl (C=O) groups excluding carboxylic acids is 1. The van der Waals surface area contributed by atoms with Crippen molar-refractivity contribution >= 4 is 5.91 Å². The maximum absolute atomic E-state index is 14.5. The molecule has 1 amide bonds. The molecular weight excluding hydrogens is 431 g/mol. The predicted molar refractivity (Wildman–Crippen MR) is 127 cm³/mol. The van der Waals surface area contributed by atoms with Gasteiger partial charge < -0.3 is 10.1 Å². The van der Waals surface area contributed by atoms with E-state index in [0.717, 1.165) is 28.1 Å². The van der Waals surface area contributed by atoms with Crippen LogP contribution >= 0.6 is 0 Å². The number of amides is 1. The van der Waals surface area contributed by atoms with Gasteiger partial charge in [-0.25, -0.2) is 4.39 Å². The van der Waals surface area contributed by atoms with Gasteiger partial charge in [0.15, 0.2) is 0 Å². The van der Waals surface area contributed by atoms with Crippen LogP contribution in [0.2, 0.25) is 0 Å². The smallest absolute Gasteiger partial charge is 0.251 e. The van der Waals surface area contributed by atoms with Crippen LogP contribution in [0.5, 0.6) is 5.75 Å². The number of benzene rings is 2. The van der Waals surface area contributed by atoms with Gasteiger partial charge in [-0.2, -0.15) is 5.10 Å². The normalized spacial score (nSPS) is 14.5.